The van der Waals surface area contributed by atoms with Crippen LogP contribution in [0.25, 0.3) is 11.1 Å². The van der Waals surface area contributed by atoms with Crippen LogP contribution >= 0.6 is 11.6 Å². The minimum absolute atomic E-state index is 0.258. The zero-order valence-electron chi connectivity index (χ0n) is 20.4. The van der Waals surface area contributed by atoms with Crippen LogP contribution in [0.3, 0.4) is 0 Å². The summed E-state index contributed by atoms with van der Waals surface area (Å²) in [5, 5.41) is 0.780. The van der Waals surface area contributed by atoms with Gasteiger partial charge in [-0.2, -0.15) is 0 Å². The summed E-state index contributed by atoms with van der Waals surface area (Å²) < 4.78 is 10.8. The molecule has 0 unspecified atom stereocenters. The Kier molecular flexibility index (Phi) is 10.8. The Morgan fingerprint density at radius 3 is 2.32 bits per heavy atom. The van der Waals surface area contributed by atoms with Gasteiger partial charge in [-0.3, -0.25) is 14.6 Å². The third-order valence-electron chi connectivity index (χ3n) is 6.06. The molecule has 1 saturated heterocycles. The van der Waals surface area contributed by atoms with Gasteiger partial charge in [0, 0.05) is 49.9 Å². The minimum atomic E-state index is -0.545. The number of nitrogens with zero attached hydrogens (tertiary/aromatic N) is 2. The van der Waals surface area contributed by atoms with Crippen molar-refractivity contribution < 1.29 is 14.3 Å². The molecule has 2 aromatic rings. The second-order valence-electron chi connectivity index (χ2n) is 9.31. The van der Waals surface area contributed by atoms with Crippen LogP contribution in [0.15, 0.2) is 48.5 Å². The van der Waals surface area contributed by atoms with Gasteiger partial charge in [0.15, 0.2) is 0 Å². The van der Waals surface area contributed by atoms with Crippen LogP contribution in [-0.4, -0.2) is 74.4 Å². The molecule has 0 radical (unpaired) electrons. The average Bonchev–Trinajstić information content (AvgIpc) is 2.82. The van der Waals surface area contributed by atoms with Crippen LogP contribution in [0.2, 0.25) is 5.02 Å². The molecular formula is C27H38ClN3O3. The van der Waals surface area contributed by atoms with Crippen molar-refractivity contribution in [3.8, 4) is 11.1 Å². The number of nitrogens with two attached hydrogens (primary N) is 1. The lowest BCUT2D eigenvalue weighted by Gasteiger charge is -2.34. The van der Waals surface area contributed by atoms with Gasteiger partial charge >= 0.3 is 5.97 Å². The maximum absolute atomic E-state index is 11.8. The van der Waals surface area contributed by atoms with E-state index in [1.165, 1.54) is 5.56 Å². The first-order chi connectivity index (χ1) is 16.4. The molecule has 0 saturated carbocycles. The van der Waals surface area contributed by atoms with Crippen molar-refractivity contribution in [1.29, 1.82) is 0 Å². The highest BCUT2D eigenvalue weighted by atomic mass is 35.5. The number of carbonyl (C=O) groups is 1. The zero-order chi connectivity index (χ0) is 24.3. The van der Waals surface area contributed by atoms with E-state index < -0.39 is 6.04 Å². The van der Waals surface area contributed by atoms with Gasteiger partial charge in [0.2, 0.25) is 0 Å². The largest absolute Gasteiger partial charge is 0.462 e. The molecule has 0 amide bonds. The van der Waals surface area contributed by atoms with Crippen molar-refractivity contribution >= 4 is 17.6 Å². The van der Waals surface area contributed by atoms with E-state index in [0.717, 1.165) is 55.4 Å². The summed E-state index contributed by atoms with van der Waals surface area (Å²) in [7, 11) is 0. The van der Waals surface area contributed by atoms with Gasteiger partial charge in [-0.15, -0.1) is 0 Å². The summed E-state index contributed by atoms with van der Waals surface area (Å²) in [6.07, 6.45) is 0.638. The van der Waals surface area contributed by atoms with E-state index >= 15 is 0 Å². The highest BCUT2D eigenvalue weighted by molar-refractivity contribution is 6.33. The van der Waals surface area contributed by atoms with Gasteiger partial charge in [0.05, 0.1) is 13.2 Å². The molecule has 0 spiro atoms. The third-order valence-corrected chi connectivity index (χ3v) is 6.39. The minimum Gasteiger partial charge on any atom is -0.462 e. The zero-order valence-corrected chi connectivity index (χ0v) is 21.2. The number of hydrogen-bond donors (Lipinski definition) is 1. The Balaban J connectivity index is 1.28. The van der Waals surface area contributed by atoms with Crippen LogP contribution in [0, 0.1) is 5.92 Å². The maximum Gasteiger partial charge on any atom is 0.322 e. The van der Waals surface area contributed by atoms with Crippen LogP contribution in [0.1, 0.15) is 25.8 Å². The number of rotatable bonds is 12. The van der Waals surface area contributed by atoms with Crippen LogP contribution in [-0.2, 0) is 20.8 Å². The predicted octanol–water partition coefficient (Wildman–Crippen LogP) is 4.06. The van der Waals surface area contributed by atoms with E-state index in [2.05, 4.69) is 40.1 Å². The number of hydrogen-bond acceptors (Lipinski definition) is 6. The van der Waals surface area contributed by atoms with E-state index in [4.69, 9.17) is 26.8 Å². The first-order valence-corrected chi connectivity index (χ1v) is 12.6. The first-order valence-electron chi connectivity index (χ1n) is 12.2. The standard InChI is InChI=1S/C27H38ClN3O3/c1-21(2)19-26(29)27(32)34-18-17-33-16-15-30-11-13-31(14-12-30)20-22-7-9-23(10-8-22)24-5-3-4-6-25(24)28/h3-10,21,26H,11-20,29H2,1-2H3/t26-/m0/s1. The van der Waals surface area contributed by atoms with Crippen molar-refractivity contribution in [3.63, 3.8) is 0 Å². The molecule has 2 N–H and O–H groups in total. The van der Waals surface area contributed by atoms with Gasteiger partial charge in [-0.25, -0.2) is 0 Å². The van der Waals surface area contributed by atoms with Gasteiger partial charge in [0.25, 0.3) is 0 Å². The van der Waals surface area contributed by atoms with Gasteiger partial charge in [0.1, 0.15) is 12.6 Å². The van der Waals surface area contributed by atoms with Crippen molar-refractivity contribution in [3.05, 3.63) is 59.1 Å². The molecule has 0 aliphatic carbocycles. The highest BCUT2D eigenvalue weighted by Gasteiger charge is 2.18. The van der Waals surface area contributed by atoms with Crippen LogP contribution < -0.4 is 5.73 Å². The van der Waals surface area contributed by atoms with Crippen molar-refractivity contribution in [2.45, 2.75) is 32.9 Å². The van der Waals surface area contributed by atoms with Crippen molar-refractivity contribution in [1.82, 2.24) is 9.80 Å². The molecule has 1 heterocycles. The molecule has 34 heavy (non-hydrogen) atoms. The summed E-state index contributed by atoms with van der Waals surface area (Å²) in [5.41, 5.74) is 9.35. The fourth-order valence-corrected chi connectivity index (χ4v) is 4.37. The van der Waals surface area contributed by atoms with Crippen molar-refractivity contribution in [2.75, 3.05) is 52.5 Å². The summed E-state index contributed by atoms with van der Waals surface area (Å²) in [6, 6.07) is 16.1. The Labute approximate surface area is 209 Å². The molecular weight excluding hydrogens is 450 g/mol. The fraction of sp³-hybridized carbons (Fsp3) is 0.519. The molecule has 7 heteroatoms. The topological polar surface area (TPSA) is 68.0 Å². The third kappa shape index (κ3) is 8.67. The molecule has 186 valence electrons. The Bertz CT molecular complexity index is 883. The van der Waals surface area contributed by atoms with Gasteiger partial charge in [-0.1, -0.05) is 67.9 Å². The smallest absolute Gasteiger partial charge is 0.322 e. The van der Waals surface area contributed by atoms with E-state index in [9.17, 15) is 4.79 Å². The summed E-state index contributed by atoms with van der Waals surface area (Å²) in [6.45, 7) is 11.4. The SMILES string of the molecule is CC(C)C[C@H](N)C(=O)OCCOCCN1CCN(Cc2ccc(-c3ccccc3Cl)cc2)CC1. The normalized spacial score (nSPS) is 16.0. The molecule has 3 rings (SSSR count). The molecule has 1 fully saturated rings. The molecule has 1 aliphatic rings. The highest BCUT2D eigenvalue weighted by Crippen LogP contribution is 2.27. The number of piperazine rings is 1. The second-order valence-corrected chi connectivity index (χ2v) is 9.72. The summed E-state index contributed by atoms with van der Waals surface area (Å²) in [5.74, 6) is 0.0333. The summed E-state index contributed by atoms with van der Waals surface area (Å²) >= 11 is 6.32. The molecule has 6 nitrogen and oxygen atoms in total. The van der Waals surface area contributed by atoms with Gasteiger partial charge in [-0.05, 0) is 29.5 Å². The molecule has 1 aliphatic heterocycles. The number of ether oxygens (including phenoxy) is 2. The van der Waals surface area contributed by atoms with Gasteiger partial charge < -0.3 is 15.2 Å². The molecule has 0 bridgehead atoms. The lowest BCUT2D eigenvalue weighted by molar-refractivity contribution is -0.147. The first kappa shape index (κ1) is 26.6. The van der Waals surface area contributed by atoms with Crippen molar-refractivity contribution in [2.24, 2.45) is 11.7 Å². The lowest BCUT2D eigenvalue weighted by Crippen LogP contribution is -2.46. The Morgan fingerprint density at radius 2 is 1.65 bits per heavy atom. The summed E-state index contributed by atoms with van der Waals surface area (Å²) in [4.78, 5) is 16.7. The van der Waals surface area contributed by atoms with E-state index in [-0.39, 0.29) is 12.6 Å². The fourth-order valence-electron chi connectivity index (χ4n) is 4.12. The monoisotopic (exact) mass is 487 g/mol. The number of benzene rings is 2. The quantitative estimate of drug-likeness (QED) is 0.359. The van der Waals surface area contributed by atoms with E-state index in [1.807, 2.05) is 32.0 Å². The predicted molar refractivity (Wildman–Crippen MR) is 138 cm³/mol. The molecule has 0 aromatic heterocycles. The maximum atomic E-state index is 11.8. The van der Waals surface area contributed by atoms with Crippen LogP contribution in [0.5, 0.6) is 0 Å². The van der Waals surface area contributed by atoms with E-state index in [1.54, 1.807) is 0 Å². The Hall–Kier alpha value is -1.96. The van der Waals surface area contributed by atoms with E-state index in [0.29, 0.717) is 25.6 Å². The Morgan fingerprint density at radius 1 is 0.971 bits per heavy atom. The lowest BCUT2D eigenvalue weighted by atomic mass is 10.0. The molecule has 1 atom stereocenters. The number of esters is 1. The molecule has 2 aromatic carbocycles. The number of halogens is 1. The van der Waals surface area contributed by atoms with Crippen LogP contribution in [0.4, 0.5) is 0 Å². The second kappa shape index (κ2) is 13.8. The number of carbonyl (C=O) groups excluding carboxylic acids is 1. The average molecular weight is 488 g/mol.